The summed E-state index contributed by atoms with van der Waals surface area (Å²) in [6.07, 6.45) is 8.95. The van der Waals surface area contributed by atoms with Crippen molar-refractivity contribution < 1.29 is 44.7 Å². The van der Waals surface area contributed by atoms with Crippen LogP contribution < -0.4 is 0 Å². The third kappa shape index (κ3) is 19.6. The summed E-state index contributed by atoms with van der Waals surface area (Å²) in [6.45, 7) is 1.99. The average Bonchev–Trinajstić information content (AvgIpc) is 2.97. The number of ether oxygens (including phenoxy) is 1. The van der Waals surface area contributed by atoms with Gasteiger partial charge in [0.1, 0.15) is 0 Å². The Morgan fingerprint density at radius 1 is 0.833 bits per heavy atom. The highest BCUT2D eigenvalue weighted by Crippen LogP contribution is 2.18. The third-order valence-electron chi connectivity index (χ3n) is 4.83. The van der Waals surface area contributed by atoms with Crippen LogP contribution in [0.4, 0.5) is 0 Å². The molecule has 0 unspecified atom stereocenters. The molecule has 9 heteroatoms. The van der Waals surface area contributed by atoms with E-state index in [9.17, 15) is 14.4 Å². The number of carboxylic acids is 2. The molecule has 1 aliphatic rings. The number of hydrogen-bond acceptors (Lipinski definition) is 7. The molecule has 0 aliphatic carbocycles. The predicted octanol–water partition coefficient (Wildman–Crippen LogP) is 2.35. The molecule has 0 amide bonds. The molecular formula is C21H40O9. The highest BCUT2D eigenvalue weighted by molar-refractivity contribution is 5.69. The lowest BCUT2D eigenvalue weighted by molar-refractivity contribution is -0.142. The summed E-state index contributed by atoms with van der Waals surface area (Å²) in [5, 5.41) is 42.6. The minimum absolute atomic E-state index is 0.0255. The maximum absolute atomic E-state index is 10.5. The second kappa shape index (κ2) is 20.6. The molecule has 1 rings (SSSR count). The molecule has 0 saturated carbocycles. The normalized spacial score (nSPS) is 13.7. The Hall–Kier alpha value is -1.71. The molecule has 30 heavy (non-hydrogen) atoms. The van der Waals surface area contributed by atoms with Gasteiger partial charge in [0, 0.05) is 24.7 Å². The lowest BCUT2D eigenvalue weighted by Gasteiger charge is -2.24. The van der Waals surface area contributed by atoms with Crippen molar-refractivity contribution in [2.45, 2.75) is 84.0 Å². The molecule has 0 aromatic heterocycles. The number of aliphatic hydroxyl groups is 3. The van der Waals surface area contributed by atoms with Gasteiger partial charge in [0.15, 0.2) is 0 Å². The van der Waals surface area contributed by atoms with E-state index in [1.54, 1.807) is 0 Å². The van der Waals surface area contributed by atoms with Crippen LogP contribution in [0.2, 0.25) is 0 Å². The first-order valence-corrected chi connectivity index (χ1v) is 10.7. The van der Waals surface area contributed by atoms with Crippen LogP contribution in [0.1, 0.15) is 84.0 Å². The van der Waals surface area contributed by atoms with E-state index in [0.29, 0.717) is 32.3 Å². The molecule has 1 saturated heterocycles. The molecule has 1 heterocycles. The van der Waals surface area contributed by atoms with Crippen molar-refractivity contribution in [1.29, 1.82) is 0 Å². The Morgan fingerprint density at radius 2 is 1.30 bits per heavy atom. The Balaban J connectivity index is 0. The van der Waals surface area contributed by atoms with Crippen molar-refractivity contribution >= 4 is 17.9 Å². The van der Waals surface area contributed by atoms with Crippen molar-refractivity contribution in [3.63, 3.8) is 0 Å². The van der Waals surface area contributed by atoms with Crippen LogP contribution in [0.15, 0.2) is 0 Å². The second-order valence-electron chi connectivity index (χ2n) is 7.41. The quantitative estimate of drug-likeness (QED) is 0.228. The van der Waals surface area contributed by atoms with Crippen molar-refractivity contribution in [3.05, 3.63) is 0 Å². The van der Waals surface area contributed by atoms with Gasteiger partial charge >= 0.3 is 17.9 Å². The van der Waals surface area contributed by atoms with Gasteiger partial charge in [-0.2, -0.15) is 0 Å². The summed E-state index contributed by atoms with van der Waals surface area (Å²) >= 11 is 0. The van der Waals surface area contributed by atoms with Gasteiger partial charge in [0.25, 0.3) is 0 Å². The lowest BCUT2D eigenvalue weighted by atomic mass is 9.88. The first-order chi connectivity index (χ1) is 14.3. The zero-order chi connectivity index (χ0) is 23.3. The van der Waals surface area contributed by atoms with Crippen molar-refractivity contribution in [1.82, 2.24) is 0 Å². The zero-order valence-corrected chi connectivity index (χ0v) is 18.2. The van der Waals surface area contributed by atoms with Crippen molar-refractivity contribution in [2.75, 3.05) is 26.4 Å². The average molecular weight is 437 g/mol. The number of esters is 1. The van der Waals surface area contributed by atoms with Gasteiger partial charge < -0.3 is 30.3 Å². The van der Waals surface area contributed by atoms with E-state index in [0.717, 1.165) is 38.5 Å². The molecule has 1 aliphatic heterocycles. The first kappa shape index (κ1) is 30.5. The molecule has 0 aromatic rings. The molecule has 0 radical (unpaired) electrons. The van der Waals surface area contributed by atoms with E-state index in [1.165, 1.54) is 0 Å². The zero-order valence-electron chi connectivity index (χ0n) is 18.2. The van der Waals surface area contributed by atoms with Crippen LogP contribution in [0, 0.1) is 5.41 Å². The molecule has 9 nitrogen and oxygen atoms in total. The molecule has 178 valence electrons. The van der Waals surface area contributed by atoms with Crippen LogP contribution in [-0.2, 0) is 19.1 Å². The van der Waals surface area contributed by atoms with E-state index in [-0.39, 0.29) is 38.6 Å². The summed E-state index contributed by atoms with van der Waals surface area (Å²) in [5.74, 6) is -1.54. The minimum atomic E-state index is -0.759. The summed E-state index contributed by atoms with van der Waals surface area (Å²) in [7, 11) is 0. The fraction of sp³-hybridized carbons (Fsp3) is 0.857. The van der Waals surface area contributed by atoms with E-state index >= 15 is 0 Å². The number of rotatable bonds is 12. The lowest BCUT2D eigenvalue weighted by Crippen LogP contribution is -2.32. The number of hydrogen-bond donors (Lipinski definition) is 5. The summed E-state index contributed by atoms with van der Waals surface area (Å²) in [6, 6.07) is 0. The molecule has 1 fully saturated rings. The Kier molecular flexibility index (Phi) is 20.9. The van der Waals surface area contributed by atoms with Gasteiger partial charge in [0.2, 0.25) is 0 Å². The monoisotopic (exact) mass is 436 g/mol. The highest BCUT2D eigenvalue weighted by Gasteiger charge is 2.24. The first-order valence-electron chi connectivity index (χ1n) is 10.7. The third-order valence-corrected chi connectivity index (χ3v) is 4.83. The van der Waals surface area contributed by atoms with Gasteiger partial charge in [-0.15, -0.1) is 0 Å². The fourth-order valence-corrected chi connectivity index (χ4v) is 2.37. The van der Waals surface area contributed by atoms with Gasteiger partial charge in [0.05, 0.1) is 26.4 Å². The van der Waals surface area contributed by atoms with E-state index < -0.39 is 17.4 Å². The minimum Gasteiger partial charge on any atom is -0.481 e. The van der Waals surface area contributed by atoms with Crippen LogP contribution >= 0.6 is 0 Å². The molecular weight excluding hydrogens is 396 g/mol. The predicted molar refractivity (Wildman–Crippen MR) is 111 cm³/mol. The smallest absolute Gasteiger partial charge is 0.305 e. The number of carboxylic acid groups (broad SMARTS) is 2. The van der Waals surface area contributed by atoms with Gasteiger partial charge in [-0.25, -0.2) is 0 Å². The summed E-state index contributed by atoms with van der Waals surface area (Å²) < 4.78 is 4.76. The van der Waals surface area contributed by atoms with E-state index in [2.05, 4.69) is 0 Å². The number of unbranched alkanes of at least 4 members (excludes halogenated alkanes) is 4. The topological polar surface area (TPSA) is 162 Å². The SMILES string of the molecule is CCC(CO)(CO)CO.O=C(O)CCCCCCCC(=O)O.O=C1CCCCCO1. The van der Waals surface area contributed by atoms with E-state index in [1.807, 2.05) is 6.92 Å². The summed E-state index contributed by atoms with van der Waals surface area (Å²) in [5.41, 5.74) is -0.667. The van der Waals surface area contributed by atoms with Crippen LogP contribution in [0.5, 0.6) is 0 Å². The number of carbonyl (C=O) groups excluding carboxylic acids is 1. The van der Waals surface area contributed by atoms with Gasteiger partial charge in [-0.05, 0) is 38.5 Å². The molecule has 0 atom stereocenters. The van der Waals surface area contributed by atoms with Crippen molar-refractivity contribution in [2.24, 2.45) is 5.41 Å². The molecule has 0 bridgehead atoms. The number of aliphatic hydroxyl groups excluding tert-OH is 3. The molecule has 5 N–H and O–H groups in total. The van der Waals surface area contributed by atoms with Crippen LogP contribution in [0.3, 0.4) is 0 Å². The fourth-order valence-electron chi connectivity index (χ4n) is 2.37. The van der Waals surface area contributed by atoms with Gasteiger partial charge in [-0.3, -0.25) is 14.4 Å². The summed E-state index contributed by atoms with van der Waals surface area (Å²) in [4.78, 5) is 30.7. The van der Waals surface area contributed by atoms with Gasteiger partial charge in [-0.1, -0.05) is 26.2 Å². The van der Waals surface area contributed by atoms with Crippen LogP contribution in [-0.4, -0.2) is 69.9 Å². The number of cyclic esters (lactones) is 1. The maximum Gasteiger partial charge on any atom is 0.305 e. The Bertz CT molecular complexity index is 402. The number of aliphatic carboxylic acids is 2. The second-order valence-corrected chi connectivity index (χ2v) is 7.41. The largest absolute Gasteiger partial charge is 0.481 e. The molecule has 0 spiro atoms. The Morgan fingerprint density at radius 3 is 1.67 bits per heavy atom. The Labute approximate surface area is 179 Å². The molecule has 0 aromatic carbocycles. The number of carbonyl (C=O) groups is 3. The van der Waals surface area contributed by atoms with Crippen LogP contribution in [0.25, 0.3) is 0 Å². The van der Waals surface area contributed by atoms with E-state index in [4.69, 9.17) is 30.3 Å². The maximum atomic E-state index is 10.5. The van der Waals surface area contributed by atoms with Crippen molar-refractivity contribution in [3.8, 4) is 0 Å². The standard InChI is InChI=1S/C9H16O4.C6H14O3.C6H10O2/c10-8(11)6-4-2-1-3-5-7-9(12)13;1-2-6(3-7,4-8)5-9;7-6-4-2-1-3-5-8-6/h1-7H2,(H,10,11)(H,12,13);7-9H,2-5H2,1H3;1-5H2. The highest BCUT2D eigenvalue weighted by atomic mass is 16.5.